The van der Waals surface area contributed by atoms with E-state index in [4.69, 9.17) is 9.97 Å². The molecule has 0 fully saturated rings. The van der Waals surface area contributed by atoms with Crippen LogP contribution in [0.2, 0.25) is 0 Å². The van der Waals surface area contributed by atoms with Gasteiger partial charge in [-0.1, -0.05) is 129 Å². The van der Waals surface area contributed by atoms with Crippen LogP contribution in [0.25, 0.3) is 72.6 Å². The molecule has 0 unspecified atom stereocenters. The molecule has 0 spiro atoms. The molecule has 348 valence electrons. The molecular formula is C56H64Br2N2S6. The molecule has 0 saturated carbocycles. The van der Waals surface area contributed by atoms with Crippen LogP contribution in [-0.4, -0.2) is 9.97 Å². The van der Waals surface area contributed by atoms with Crippen LogP contribution < -0.4 is 0 Å². The molecule has 0 amide bonds. The van der Waals surface area contributed by atoms with Crippen molar-refractivity contribution in [1.29, 1.82) is 0 Å². The first-order valence-electron chi connectivity index (χ1n) is 24.7. The van der Waals surface area contributed by atoms with Gasteiger partial charge in [0.2, 0.25) is 0 Å². The summed E-state index contributed by atoms with van der Waals surface area (Å²) in [6.07, 6.45) is 24.7. The molecule has 2 nitrogen and oxygen atoms in total. The fourth-order valence-corrected chi connectivity index (χ4v) is 16.7. The minimum atomic E-state index is 0.975. The standard InChI is InChI=1S/C56H64Br2N2S6/c1-5-9-13-17-23-37-33-45(63-53(37)47-35-39(55(57)65-47)25-19-15-11-7-3)41-29-30-42(50-49(41)59-51(43-27-21-31-61-43)52(60-50)44-28-22-32-62-44)46-34-38(24-18-14-10-6-2)54(64-46)48-36-40(56(58)66-48)26-20-16-12-8-4/h21-22,27-36H,5-20,23-26H2,1-4H3. The van der Waals surface area contributed by atoms with E-state index in [-0.39, 0.29) is 0 Å². The highest BCUT2D eigenvalue weighted by atomic mass is 79.9. The zero-order chi connectivity index (χ0) is 45.8. The number of aromatic nitrogens is 2. The van der Waals surface area contributed by atoms with Gasteiger partial charge in [0.15, 0.2) is 0 Å². The van der Waals surface area contributed by atoms with Crippen molar-refractivity contribution < 1.29 is 0 Å². The first-order chi connectivity index (χ1) is 32.4. The Hall–Kier alpha value is -2.28. The lowest BCUT2D eigenvalue weighted by Gasteiger charge is -2.13. The van der Waals surface area contributed by atoms with Crippen LogP contribution in [0, 0.1) is 0 Å². The maximum atomic E-state index is 5.77. The van der Waals surface area contributed by atoms with E-state index in [1.54, 1.807) is 22.7 Å². The van der Waals surface area contributed by atoms with Crippen LogP contribution in [0.4, 0.5) is 0 Å². The normalized spacial score (nSPS) is 11.8. The smallest absolute Gasteiger partial charge is 0.108 e. The first-order valence-corrected chi connectivity index (χ1v) is 31.3. The quantitative estimate of drug-likeness (QED) is 0.0505. The molecule has 8 aromatic rings. The van der Waals surface area contributed by atoms with Crippen LogP contribution in [0.5, 0.6) is 0 Å². The van der Waals surface area contributed by atoms with E-state index in [9.17, 15) is 0 Å². The molecule has 8 rings (SSSR count). The Bertz CT molecular complexity index is 2560. The van der Waals surface area contributed by atoms with Crippen molar-refractivity contribution in [3.8, 4) is 61.5 Å². The number of fused-ring (bicyclic) bond motifs is 1. The monoisotopic (exact) mass is 1110 g/mol. The van der Waals surface area contributed by atoms with Gasteiger partial charge in [0.05, 0.1) is 28.4 Å². The zero-order valence-corrected chi connectivity index (χ0v) is 47.2. The molecule has 0 aliphatic carbocycles. The first kappa shape index (κ1) is 50.1. The van der Waals surface area contributed by atoms with Gasteiger partial charge < -0.3 is 0 Å². The molecule has 0 bridgehead atoms. The molecule has 0 aliphatic heterocycles. The molecule has 0 N–H and O–H groups in total. The molecular weight excluding hydrogens is 1050 g/mol. The van der Waals surface area contributed by atoms with E-state index in [0.29, 0.717) is 0 Å². The second-order valence-electron chi connectivity index (χ2n) is 17.7. The van der Waals surface area contributed by atoms with Crippen molar-refractivity contribution in [2.75, 3.05) is 0 Å². The van der Waals surface area contributed by atoms with Crippen molar-refractivity contribution >= 4 is 111 Å². The summed E-state index contributed by atoms with van der Waals surface area (Å²) in [6.45, 7) is 9.21. The zero-order valence-electron chi connectivity index (χ0n) is 39.2. The number of halogens is 2. The largest absolute Gasteiger partial charge is 0.242 e. The van der Waals surface area contributed by atoms with Gasteiger partial charge in [-0.2, -0.15) is 0 Å². The van der Waals surface area contributed by atoms with Crippen molar-refractivity contribution in [2.24, 2.45) is 0 Å². The van der Waals surface area contributed by atoms with Gasteiger partial charge in [-0.05, 0) is 153 Å². The molecule has 66 heavy (non-hydrogen) atoms. The lowest BCUT2D eigenvalue weighted by atomic mass is 10.0. The van der Waals surface area contributed by atoms with Crippen molar-refractivity contribution in [3.63, 3.8) is 0 Å². The number of thiophene rings is 6. The Morgan fingerprint density at radius 1 is 0.394 bits per heavy atom. The molecule has 0 radical (unpaired) electrons. The number of aryl methyl sites for hydroxylation is 4. The Morgan fingerprint density at radius 3 is 1.11 bits per heavy atom. The summed E-state index contributed by atoms with van der Waals surface area (Å²) in [5, 5.41) is 4.33. The van der Waals surface area contributed by atoms with Gasteiger partial charge in [-0.25, -0.2) is 9.97 Å². The van der Waals surface area contributed by atoms with E-state index in [2.05, 4.69) is 131 Å². The summed E-state index contributed by atoms with van der Waals surface area (Å²) < 4.78 is 2.59. The molecule has 0 atom stereocenters. The maximum absolute atomic E-state index is 5.77. The predicted octanol–water partition coefficient (Wildman–Crippen LogP) is 22.0. The van der Waals surface area contributed by atoms with Crippen LogP contribution in [0.15, 0.2) is 79.0 Å². The highest BCUT2D eigenvalue weighted by Crippen LogP contribution is 2.50. The minimum Gasteiger partial charge on any atom is -0.242 e. The Labute approximate surface area is 435 Å². The topological polar surface area (TPSA) is 25.8 Å². The fraction of sp³-hybridized carbons (Fsp3) is 0.429. The summed E-state index contributed by atoms with van der Waals surface area (Å²) in [5.74, 6) is 0. The maximum Gasteiger partial charge on any atom is 0.108 e. The van der Waals surface area contributed by atoms with Crippen LogP contribution in [-0.2, 0) is 25.7 Å². The van der Waals surface area contributed by atoms with Crippen LogP contribution >= 0.6 is 99.9 Å². The summed E-state index contributed by atoms with van der Waals surface area (Å²) in [5.41, 5.74) is 12.2. The average molecular weight is 1120 g/mol. The van der Waals surface area contributed by atoms with Gasteiger partial charge in [0, 0.05) is 40.4 Å². The Kier molecular flexibility index (Phi) is 19.0. The van der Waals surface area contributed by atoms with E-state index in [1.807, 2.05) is 45.3 Å². The lowest BCUT2D eigenvalue weighted by Crippen LogP contribution is -1.96. The molecule has 7 heterocycles. The summed E-state index contributed by atoms with van der Waals surface area (Å²) in [4.78, 5) is 22.1. The fourth-order valence-electron chi connectivity index (χ4n) is 8.96. The van der Waals surface area contributed by atoms with Gasteiger partial charge >= 0.3 is 0 Å². The number of hydrogen-bond acceptors (Lipinski definition) is 8. The molecule has 0 saturated heterocycles. The molecule has 1 aromatic carbocycles. The SMILES string of the molecule is CCCCCCc1cc(-c2sc(-c3ccc(-c4cc(CCCCCC)c(-c5cc(CCCCCC)c(Br)s5)s4)c4nc(-c5cccs5)c(-c5cccs5)nc34)cc2CCCCCC)sc1Br. The number of unbranched alkanes of at least 4 members (excludes halogenated alkanes) is 12. The molecule has 10 heteroatoms. The highest BCUT2D eigenvalue weighted by molar-refractivity contribution is 9.11. The second-order valence-corrected chi connectivity index (χ2v) is 26.5. The third-order valence-electron chi connectivity index (χ3n) is 12.6. The average Bonchev–Trinajstić information content (AvgIpc) is 4.20. The van der Waals surface area contributed by atoms with E-state index >= 15 is 0 Å². The third-order valence-corrected chi connectivity index (χ3v) is 21.1. The molecule has 0 aliphatic rings. The van der Waals surface area contributed by atoms with Gasteiger partial charge in [-0.3, -0.25) is 0 Å². The van der Waals surface area contributed by atoms with Crippen molar-refractivity contribution in [1.82, 2.24) is 9.97 Å². The third kappa shape index (κ3) is 12.2. The van der Waals surface area contributed by atoms with Gasteiger partial charge in [0.25, 0.3) is 0 Å². The Balaban J connectivity index is 1.28. The van der Waals surface area contributed by atoms with E-state index < -0.39 is 0 Å². The highest BCUT2D eigenvalue weighted by Gasteiger charge is 2.25. The van der Waals surface area contributed by atoms with E-state index in [1.165, 1.54) is 173 Å². The van der Waals surface area contributed by atoms with Crippen LogP contribution in [0.1, 0.15) is 153 Å². The van der Waals surface area contributed by atoms with Gasteiger partial charge in [0.1, 0.15) is 11.4 Å². The van der Waals surface area contributed by atoms with Crippen LogP contribution in [0.3, 0.4) is 0 Å². The summed E-state index contributed by atoms with van der Waals surface area (Å²) in [6, 6.07) is 23.5. The van der Waals surface area contributed by atoms with Crippen molar-refractivity contribution in [2.45, 2.75) is 156 Å². The predicted molar refractivity (Wildman–Crippen MR) is 306 cm³/mol. The summed E-state index contributed by atoms with van der Waals surface area (Å²) in [7, 11) is 0. The number of rotatable bonds is 26. The number of hydrogen-bond donors (Lipinski definition) is 0. The lowest BCUT2D eigenvalue weighted by molar-refractivity contribution is 0.667. The van der Waals surface area contributed by atoms with E-state index in [0.717, 1.165) is 57.9 Å². The Morgan fingerprint density at radius 2 is 0.758 bits per heavy atom. The second kappa shape index (κ2) is 25.0. The number of nitrogens with zero attached hydrogens (tertiary/aromatic N) is 2. The number of benzene rings is 1. The summed E-state index contributed by atoms with van der Waals surface area (Å²) >= 11 is 19.3. The van der Waals surface area contributed by atoms with Gasteiger partial charge in [-0.15, -0.1) is 68.0 Å². The van der Waals surface area contributed by atoms with Crippen molar-refractivity contribution in [3.05, 3.63) is 101 Å². The minimum absolute atomic E-state index is 0.975. The molecule has 7 aromatic heterocycles.